The van der Waals surface area contributed by atoms with Gasteiger partial charge in [0.1, 0.15) is 19.3 Å². The van der Waals surface area contributed by atoms with E-state index in [1.807, 2.05) is 0 Å². The van der Waals surface area contributed by atoms with Crippen LogP contribution >= 0.6 is 7.82 Å². The van der Waals surface area contributed by atoms with Crippen LogP contribution in [0, 0.1) is 0 Å². The summed E-state index contributed by atoms with van der Waals surface area (Å²) in [4.78, 5) is 50.4. The molecule has 0 fully saturated rings. The Kier molecular flexibility index (Phi) is 57.2. The lowest BCUT2D eigenvalue weighted by atomic mass is 10.1. The maximum atomic E-state index is 12.8. The van der Waals surface area contributed by atoms with Crippen LogP contribution < -0.4 is 11.0 Å². The van der Waals surface area contributed by atoms with Gasteiger partial charge in [0.25, 0.3) is 7.82 Å². The van der Waals surface area contributed by atoms with Crippen molar-refractivity contribution in [2.24, 2.45) is 0 Å². The highest BCUT2D eigenvalue weighted by Gasteiger charge is 2.22. The molecule has 5 N–H and O–H groups in total. The van der Waals surface area contributed by atoms with E-state index in [0.29, 0.717) is 19.3 Å². The number of phosphoric ester groups is 1. The van der Waals surface area contributed by atoms with Gasteiger partial charge >= 0.3 is 17.9 Å². The van der Waals surface area contributed by atoms with Crippen molar-refractivity contribution in [2.45, 2.75) is 303 Å². The number of unbranched alkanes of at least 4 members (excludes halogenated alkanes) is 33. The van der Waals surface area contributed by atoms with Crippen molar-refractivity contribution < 1.29 is 52.2 Å². The summed E-state index contributed by atoms with van der Waals surface area (Å²) in [5.74, 6) is -1.45. The van der Waals surface area contributed by atoms with Crippen LogP contribution in [-0.4, -0.2) is 61.6 Å². The first-order chi connectivity index (χ1) is 35.1. The normalized spacial score (nSPS) is 13.4. The van der Waals surface area contributed by atoms with Crippen LogP contribution in [0.25, 0.3) is 0 Å². The molecule has 1 unspecified atom stereocenters. The number of phosphoric acid groups is 1. The maximum absolute atomic E-state index is 12.8. The van der Waals surface area contributed by atoms with E-state index in [-0.39, 0.29) is 32.0 Å². The number of hydrogen-bond acceptors (Lipinski definition) is 11. The number of carbonyl (C=O) groups excluding carboxylic acids is 3. The molecule has 0 spiro atoms. The minimum Gasteiger partial charge on any atom is -0.756 e. The first-order valence-corrected chi connectivity index (χ1v) is 31.3. The molecule has 0 aromatic rings. The first kappa shape index (κ1) is 72.7. The van der Waals surface area contributed by atoms with Gasteiger partial charge in [-0.1, -0.05) is 211 Å². The Hall–Kier alpha value is -2.34. The predicted molar refractivity (Wildman–Crippen MR) is 302 cm³/mol. The van der Waals surface area contributed by atoms with E-state index in [1.165, 1.54) is 116 Å². The largest absolute Gasteiger partial charge is 0.756 e. The number of carbonyl (C=O) groups is 3. The van der Waals surface area contributed by atoms with Gasteiger partial charge in [-0.3, -0.25) is 18.9 Å². The van der Waals surface area contributed by atoms with Gasteiger partial charge in [-0.25, -0.2) is 0 Å². The number of allylic oxidation sites excluding steroid dienone is 6. The van der Waals surface area contributed by atoms with Crippen molar-refractivity contribution in [2.75, 3.05) is 26.4 Å². The van der Waals surface area contributed by atoms with E-state index in [0.717, 1.165) is 116 Å². The third kappa shape index (κ3) is 57.2. The second-order valence-corrected chi connectivity index (χ2v) is 21.6. The summed E-state index contributed by atoms with van der Waals surface area (Å²) in [6.07, 6.45) is 56.4. The number of hydrogen-bond donors (Lipinski definition) is 2. The molecule has 0 saturated carbocycles. The maximum Gasteiger partial charge on any atom is 0.306 e. The summed E-state index contributed by atoms with van der Waals surface area (Å²) in [5, 5.41) is 10.3. The number of aliphatic hydroxyl groups is 1. The standard InChI is InChI=1S/C60H111O11P.H3N/c1-4-7-10-13-16-19-22-25-28-31-34-37-40-43-46-49-58(62)67-52-56(61)53-69-72(65,66)70-55-57(71-60(64)51-48-45-42-39-36-33-30-27-24-21-18-15-12-9-6-3)54-68-59(63)50-47-44-41-38-35-32-29-26-23-20-17-14-11-8-5-2;/h25-30,56-57,61H,4-24,31-55H2,1-3H3,(H,65,66);1H3/t56-,57+;/m0./s1. The van der Waals surface area contributed by atoms with Crippen molar-refractivity contribution in [3.05, 3.63) is 36.5 Å². The van der Waals surface area contributed by atoms with Crippen LogP contribution in [0.3, 0.4) is 0 Å². The van der Waals surface area contributed by atoms with Crippen LogP contribution in [0.2, 0.25) is 0 Å². The topological polar surface area (TPSA) is 194 Å². The zero-order chi connectivity index (χ0) is 52.7. The van der Waals surface area contributed by atoms with E-state index >= 15 is 0 Å². The highest BCUT2D eigenvalue weighted by Crippen LogP contribution is 2.38. The zero-order valence-corrected chi connectivity index (χ0v) is 48.5. The predicted octanol–water partition coefficient (Wildman–Crippen LogP) is 17.3. The molecule has 3 atom stereocenters. The summed E-state index contributed by atoms with van der Waals surface area (Å²) >= 11 is 0. The van der Waals surface area contributed by atoms with Crippen LogP contribution in [0.5, 0.6) is 0 Å². The first-order valence-electron chi connectivity index (χ1n) is 29.9. The average Bonchev–Trinajstić information content (AvgIpc) is 3.37. The van der Waals surface area contributed by atoms with Crippen molar-refractivity contribution in [1.29, 1.82) is 0 Å². The number of aliphatic hydroxyl groups excluding tert-OH is 1. The van der Waals surface area contributed by atoms with Gasteiger partial charge in [-0.15, -0.1) is 0 Å². The number of rotatable bonds is 56. The molecule has 12 nitrogen and oxygen atoms in total. The summed E-state index contributed by atoms with van der Waals surface area (Å²) in [5.41, 5.74) is 0. The van der Waals surface area contributed by atoms with E-state index < -0.39 is 57.8 Å². The van der Waals surface area contributed by atoms with Gasteiger partial charge in [-0.2, -0.15) is 0 Å². The number of quaternary nitrogens is 1. The second-order valence-electron chi connectivity index (χ2n) is 20.2. The zero-order valence-electron chi connectivity index (χ0n) is 47.6. The fourth-order valence-electron chi connectivity index (χ4n) is 8.34. The van der Waals surface area contributed by atoms with Crippen LogP contribution in [0.4, 0.5) is 0 Å². The Morgan fingerprint density at radius 2 is 0.671 bits per heavy atom. The summed E-state index contributed by atoms with van der Waals surface area (Å²) in [7, 11) is -4.98. The lowest BCUT2D eigenvalue weighted by Crippen LogP contribution is -2.31. The smallest absolute Gasteiger partial charge is 0.306 e. The Labute approximate surface area is 448 Å². The molecule has 0 aromatic heterocycles. The molecule has 0 aliphatic rings. The average molecular weight is 1060 g/mol. The van der Waals surface area contributed by atoms with Crippen LogP contribution in [-0.2, 0) is 42.2 Å². The molecule has 0 saturated heterocycles. The van der Waals surface area contributed by atoms with Crippen molar-refractivity contribution in [1.82, 2.24) is 6.15 Å². The van der Waals surface area contributed by atoms with Crippen molar-refractivity contribution in [3.63, 3.8) is 0 Å². The molecule has 430 valence electrons. The fourth-order valence-corrected chi connectivity index (χ4v) is 9.12. The van der Waals surface area contributed by atoms with Crippen molar-refractivity contribution in [3.8, 4) is 0 Å². The Morgan fingerprint density at radius 3 is 1.01 bits per heavy atom. The lowest BCUT2D eigenvalue weighted by Gasteiger charge is -2.26. The second kappa shape index (κ2) is 57.4. The Balaban J connectivity index is 0. The molecule has 13 heteroatoms. The van der Waals surface area contributed by atoms with Gasteiger partial charge in [0.2, 0.25) is 0 Å². The van der Waals surface area contributed by atoms with Crippen LogP contribution in [0.15, 0.2) is 36.5 Å². The molecule has 0 aliphatic carbocycles. The minimum atomic E-state index is -4.98. The van der Waals surface area contributed by atoms with Gasteiger partial charge in [0, 0.05) is 19.3 Å². The summed E-state index contributed by atoms with van der Waals surface area (Å²) in [6, 6.07) is 0. The quantitative estimate of drug-likeness (QED) is 0.0193. The molecule has 0 amide bonds. The lowest BCUT2D eigenvalue weighted by molar-refractivity contribution is -0.230. The van der Waals surface area contributed by atoms with Crippen molar-refractivity contribution >= 4 is 25.7 Å². The molecule has 0 bridgehead atoms. The van der Waals surface area contributed by atoms with Gasteiger partial charge in [-0.05, 0) is 96.3 Å². The van der Waals surface area contributed by atoms with E-state index in [9.17, 15) is 28.9 Å². The number of esters is 3. The van der Waals surface area contributed by atoms with Gasteiger partial charge in [0.05, 0.1) is 13.2 Å². The third-order valence-corrected chi connectivity index (χ3v) is 13.9. The molecule has 73 heavy (non-hydrogen) atoms. The van der Waals surface area contributed by atoms with E-state index in [4.69, 9.17) is 23.3 Å². The van der Waals surface area contributed by atoms with Gasteiger partial charge in [0.15, 0.2) is 6.10 Å². The molecule has 0 heterocycles. The highest BCUT2D eigenvalue weighted by molar-refractivity contribution is 7.45. The van der Waals surface area contributed by atoms with Gasteiger partial charge < -0.3 is 39.4 Å². The van der Waals surface area contributed by atoms with E-state index in [1.54, 1.807) is 0 Å². The summed E-state index contributed by atoms with van der Waals surface area (Å²) in [6.45, 7) is 4.62. The molecule has 0 aliphatic heterocycles. The molecular formula is C60H114NO11P. The highest BCUT2D eigenvalue weighted by atomic mass is 31.2. The molecular weight excluding hydrogens is 942 g/mol. The third-order valence-electron chi connectivity index (χ3n) is 12.9. The van der Waals surface area contributed by atoms with Crippen LogP contribution in [0.1, 0.15) is 290 Å². The number of ether oxygens (including phenoxy) is 3. The fraction of sp³-hybridized carbons (Fsp3) is 0.850. The Bertz CT molecular complexity index is 1360. The molecule has 0 aromatic carbocycles. The monoisotopic (exact) mass is 1060 g/mol. The minimum absolute atomic E-state index is 0. The molecule has 0 radical (unpaired) electrons. The SMILES string of the molecule is CCCCCCCCC=CCCCCCCCC(=O)OC[C@H](O)COP(=O)([O-])OC[C@@H](COC(=O)CCCCCCCC=CCCCCCCCC)OC(=O)CCCCCCCC=CCCCCCCCC.[NH4+]. The molecule has 0 rings (SSSR count). The summed E-state index contributed by atoms with van der Waals surface area (Å²) < 4.78 is 38.7. The van der Waals surface area contributed by atoms with E-state index in [2.05, 4.69) is 57.2 Å². The Morgan fingerprint density at radius 1 is 0.397 bits per heavy atom.